The maximum atomic E-state index is 9.57. The Morgan fingerprint density at radius 3 is 2.83 bits per heavy atom. The van der Waals surface area contributed by atoms with Gasteiger partial charge in [0.2, 0.25) is 0 Å². The Kier molecular flexibility index (Phi) is 7.41. The lowest BCUT2D eigenvalue weighted by atomic mass is 10.1. The molecule has 2 N–H and O–H groups in total. The van der Waals surface area contributed by atoms with Gasteiger partial charge >= 0.3 is 0 Å². The van der Waals surface area contributed by atoms with Crippen molar-refractivity contribution in [2.75, 3.05) is 33.4 Å². The average molecular weight is 253 g/mol. The monoisotopic (exact) mass is 253 g/mol. The molecule has 0 bridgehead atoms. The molecule has 1 aromatic rings. The SMILES string of the molecule is CCOCC(O)CNCCc1ccccc1OC. The minimum Gasteiger partial charge on any atom is -0.496 e. The first-order valence-electron chi connectivity index (χ1n) is 6.36. The summed E-state index contributed by atoms with van der Waals surface area (Å²) in [6.45, 7) is 4.30. The van der Waals surface area contributed by atoms with Crippen LogP contribution in [0.5, 0.6) is 5.75 Å². The third kappa shape index (κ3) is 5.49. The van der Waals surface area contributed by atoms with E-state index in [4.69, 9.17) is 9.47 Å². The van der Waals surface area contributed by atoms with Crippen LogP contribution in [-0.4, -0.2) is 44.6 Å². The van der Waals surface area contributed by atoms with Crippen molar-refractivity contribution in [2.45, 2.75) is 19.4 Å². The normalized spacial score (nSPS) is 12.4. The molecule has 0 heterocycles. The number of aliphatic hydroxyl groups excluding tert-OH is 1. The molecule has 4 heteroatoms. The summed E-state index contributed by atoms with van der Waals surface area (Å²) in [6.07, 6.45) is 0.438. The molecule has 0 saturated heterocycles. The smallest absolute Gasteiger partial charge is 0.122 e. The molecule has 1 unspecified atom stereocenters. The van der Waals surface area contributed by atoms with Gasteiger partial charge in [0.25, 0.3) is 0 Å². The predicted octanol–water partition coefficient (Wildman–Crippen LogP) is 1.22. The Labute approximate surface area is 109 Å². The molecule has 4 nitrogen and oxygen atoms in total. The Balaban J connectivity index is 2.21. The summed E-state index contributed by atoms with van der Waals surface area (Å²) in [5.74, 6) is 0.911. The largest absolute Gasteiger partial charge is 0.496 e. The van der Waals surface area contributed by atoms with E-state index in [9.17, 15) is 5.11 Å². The van der Waals surface area contributed by atoms with Crippen molar-refractivity contribution in [3.63, 3.8) is 0 Å². The molecule has 0 aromatic heterocycles. The molecule has 1 aromatic carbocycles. The predicted molar refractivity (Wildman–Crippen MR) is 72.1 cm³/mol. The number of hydrogen-bond donors (Lipinski definition) is 2. The van der Waals surface area contributed by atoms with Crippen LogP contribution in [-0.2, 0) is 11.2 Å². The van der Waals surface area contributed by atoms with Crippen LogP contribution in [0.2, 0.25) is 0 Å². The third-order valence-corrected chi connectivity index (χ3v) is 2.66. The van der Waals surface area contributed by atoms with Crippen molar-refractivity contribution >= 4 is 0 Å². The molecule has 1 atom stereocenters. The van der Waals surface area contributed by atoms with Gasteiger partial charge in [-0.25, -0.2) is 0 Å². The van der Waals surface area contributed by atoms with E-state index in [2.05, 4.69) is 11.4 Å². The summed E-state index contributed by atoms with van der Waals surface area (Å²) in [7, 11) is 1.68. The third-order valence-electron chi connectivity index (χ3n) is 2.66. The van der Waals surface area contributed by atoms with Crippen LogP contribution in [0.25, 0.3) is 0 Å². The zero-order chi connectivity index (χ0) is 13.2. The minimum absolute atomic E-state index is 0.387. The van der Waals surface area contributed by atoms with E-state index >= 15 is 0 Å². The van der Waals surface area contributed by atoms with Crippen LogP contribution in [0.1, 0.15) is 12.5 Å². The highest BCUT2D eigenvalue weighted by atomic mass is 16.5. The number of ether oxygens (including phenoxy) is 2. The van der Waals surface area contributed by atoms with Gasteiger partial charge in [0.05, 0.1) is 19.8 Å². The molecular weight excluding hydrogens is 230 g/mol. The van der Waals surface area contributed by atoms with Gasteiger partial charge in [-0.2, -0.15) is 0 Å². The van der Waals surface area contributed by atoms with E-state index in [1.54, 1.807) is 7.11 Å². The first kappa shape index (κ1) is 15.0. The van der Waals surface area contributed by atoms with Crippen LogP contribution in [0.15, 0.2) is 24.3 Å². The molecule has 0 aliphatic heterocycles. The number of hydrogen-bond acceptors (Lipinski definition) is 4. The van der Waals surface area contributed by atoms with Gasteiger partial charge in [-0.1, -0.05) is 18.2 Å². The summed E-state index contributed by atoms with van der Waals surface area (Å²) in [5, 5.41) is 12.8. The highest BCUT2D eigenvalue weighted by Crippen LogP contribution is 2.17. The first-order chi connectivity index (χ1) is 8.77. The van der Waals surface area contributed by atoms with Crippen LogP contribution in [0.3, 0.4) is 0 Å². The summed E-state index contributed by atoms with van der Waals surface area (Å²) in [4.78, 5) is 0. The Morgan fingerprint density at radius 1 is 1.33 bits per heavy atom. The number of benzene rings is 1. The zero-order valence-corrected chi connectivity index (χ0v) is 11.2. The van der Waals surface area contributed by atoms with Crippen molar-refractivity contribution in [3.05, 3.63) is 29.8 Å². The lowest BCUT2D eigenvalue weighted by Crippen LogP contribution is -2.31. The molecule has 0 aliphatic rings. The fourth-order valence-corrected chi connectivity index (χ4v) is 1.71. The molecule has 1 rings (SSSR count). The van der Waals surface area contributed by atoms with E-state index in [1.807, 2.05) is 25.1 Å². The molecule has 18 heavy (non-hydrogen) atoms. The maximum Gasteiger partial charge on any atom is 0.122 e. The summed E-state index contributed by atoms with van der Waals surface area (Å²) < 4.78 is 10.4. The lowest BCUT2D eigenvalue weighted by Gasteiger charge is -2.12. The fraction of sp³-hybridized carbons (Fsp3) is 0.571. The molecule has 0 radical (unpaired) electrons. The number of para-hydroxylation sites is 1. The molecular formula is C14H23NO3. The second-order valence-corrected chi connectivity index (χ2v) is 4.08. The van der Waals surface area contributed by atoms with Gasteiger partial charge in [-0.3, -0.25) is 0 Å². The van der Waals surface area contributed by atoms with Gasteiger partial charge in [0.15, 0.2) is 0 Å². The van der Waals surface area contributed by atoms with Gasteiger partial charge in [0, 0.05) is 13.2 Å². The van der Waals surface area contributed by atoms with Crippen molar-refractivity contribution in [3.8, 4) is 5.75 Å². The van der Waals surface area contributed by atoms with E-state index < -0.39 is 6.10 Å². The zero-order valence-electron chi connectivity index (χ0n) is 11.2. The second-order valence-electron chi connectivity index (χ2n) is 4.08. The maximum absolute atomic E-state index is 9.57. The van der Waals surface area contributed by atoms with Gasteiger partial charge < -0.3 is 19.9 Å². The van der Waals surface area contributed by atoms with Crippen LogP contribution in [0.4, 0.5) is 0 Å². The molecule has 0 amide bonds. The topological polar surface area (TPSA) is 50.7 Å². The quantitative estimate of drug-likeness (QED) is 0.650. The standard InChI is InChI=1S/C14H23NO3/c1-3-18-11-13(16)10-15-9-8-12-6-4-5-7-14(12)17-2/h4-7,13,15-16H,3,8-11H2,1-2H3. The number of aliphatic hydroxyl groups is 1. The molecule has 0 fully saturated rings. The number of methoxy groups -OCH3 is 1. The fourth-order valence-electron chi connectivity index (χ4n) is 1.71. The van der Waals surface area contributed by atoms with Crippen molar-refractivity contribution < 1.29 is 14.6 Å². The van der Waals surface area contributed by atoms with Crippen molar-refractivity contribution in [2.24, 2.45) is 0 Å². The van der Waals surface area contributed by atoms with E-state index in [1.165, 1.54) is 5.56 Å². The number of nitrogens with one attached hydrogen (secondary N) is 1. The van der Waals surface area contributed by atoms with Crippen LogP contribution in [0, 0.1) is 0 Å². The van der Waals surface area contributed by atoms with E-state index in [-0.39, 0.29) is 0 Å². The molecule has 0 spiro atoms. The molecule has 0 aliphatic carbocycles. The van der Waals surface area contributed by atoms with Gasteiger partial charge in [0.1, 0.15) is 5.75 Å². The van der Waals surface area contributed by atoms with Crippen molar-refractivity contribution in [1.29, 1.82) is 0 Å². The van der Waals surface area contributed by atoms with Crippen LogP contribution >= 0.6 is 0 Å². The van der Waals surface area contributed by atoms with Gasteiger partial charge in [-0.15, -0.1) is 0 Å². The summed E-state index contributed by atoms with van der Waals surface area (Å²) >= 11 is 0. The Bertz CT molecular complexity index is 331. The first-order valence-corrected chi connectivity index (χ1v) is 6.36. The summed E-state index contributed by atoms with van der Waals surface area (Å²) in [5.41, 5.74) is 1.17. The summed E-state index contributed by atoms with van der Waals surface area (Å²) in [6, 6.07) is 7.97. The highest BCUT2D eigenvalue weighted by molar-refractivity contribution is 5.33. The molecule has 102 valence electrons. The Morgan fingerprint density at radius 2 is 2.11 bits per heavy atom. The Hall–Kier alpha value is -1.10. The van der Waals surface area contributed by atoms with E-state index in [0.717, 1.165) is 18.7 Å². The second kappa shape index (κ2) is 8.91. The average Bonchev–Trinajstić information content (AvgIpc) is 2.41. The number of rotatable bonds is 9. The lowest BCUT2D eigenvalue weighted by molar-refractivity contribution is 0.0430. The van der Waals surface area contributed by atoms with Gasteiger partial charge in [-0.05, 0) is 31.5 Å². The van der Waals surface area contributed by atoms with Crippen LogP contribution < -0.4 is 10.1 Å². The minimum atomic E-state index is -0.442. The highest BCUT2D eigenvalue weighted by Gasteiger charge is 2.04. The van der Waals surface area contributed by atoms with E-state index in [0.29, 0.717) is 19.8 Å². The van der Waals surface area contributed by atoms with Crippen molar-refractivity contribution in [1.82, 2.24) is 5.32 Å². The molecule has 0 saturated carbocycles.